The summed E-state index contributed by atoms with van der Waals surface area (Å²) in [6.45, 7) is 1.89. The van der Waals surface area contributed by atoms with Crippen LogP contribution < -0.4 is 5.32 Å². The topological polar surface area (TPSA) is 69.6 Å². The van der Waals surface area contributed by atoms with Crippen molar-refractivity contribution in [2.24, 2.45) is 0 Å². The number of hydrogen-bond acceptors (Lipinski definition) is 4. The van der Waals surface area contributed by atoms with E-state index in [4.69, 9.17) is 5.11 Å². The largest absolute Gasteiger partial charge is 0.481 e. The van der Waals surface area contributed by atoms with Crippen LogP contribution in [-0.2, 0) is 9.59 Å². The Morgan fingerprint density at radius 3 is 2.80 bits per heavy atom. The van der Waals surface area contributed by atoms with Gasteiger partial charge in [-0.1, -0.05) is 0 Å². The van der Waals surface area contributed by atoms with Crippen molar-refractivity contribution in [2.45, 2.75) is 12.5 Å². The maximum Gasteiger partial charge on any atom is 0.313 e. The average molecular weight is 232 g/mol. The molecule has 6 heteroatoms. The van der Waals surface area contributed by atoms with Gasteiger partial charge in [0, 0.05) is 12.6 Å². The highest BCUT2D eigenvalue weighted by Crippen LogP contribution is 2.06. The first-order chi connectivity index (χ1) is 7.08. The van der Waals surface area contributed by atoms with Gasteiger partial charge in [0.15, 0.2) is 0 Å². The molecular weight excluding hydrogens is 216 g/mol. The number of nitrogens with zero attached hydrogens (tertiary/aromatic N) is 1. The lowest BCUT2D eigenvalue weighted by atomic mass is 10.3. The van der Waals surface area contributed by atoms with Crippen LogP contribution in [-0.4, -0.2) is 59.6 Å². The fourth-order valence-electron chi connectivity index (χ4n) is 1.55. The summed E-state index contributed by atoms with van der Waals surface area (Å²) < 4.78 is 0. The number of thioether (sulfide) groups is 1. The number of aliphatic carboxylic acids is 1. The molecule has 0 aliphatic carbocycles. The molecule has 0 saturated carbocycles. The van der Waals surface area contributed by atoms with Gasteiger partial charge in [-0.2, -0.15) is 0 Å². The van der Waals surface area contributed by atoms with Gasteiger partial charge in [0.1, 0.15) is 0 Å². The zero-order chi connectivity index (χ0) is 11.3. The molecule has 5 nitrogen and oxygen atoms in total. The van der Waals surface area contributed by atoms with Crippen molar-refractivity contribution < 1.29 is 14.7 Å². The van der Waals surface area contributed by atoms with E-state index in [-0.39, 0.29) is 23.5 Å². The summed E-state index contributed by atoms with van der Waals surface area (Å²) in [5, 5.41) is 11.3. The number of carbonyl (C=O) groups is 2. The van der Waals surface area contributed by atoms with E-state index in [0.717, 1.165) is 31.3 Å². The number of likely N-dealkylation sites (tertiary alicyclic amines) is 1. The van der Waals surface area contributed by atoms with E-state index in [1.54, 1.807) is 0 Å². The molecule has 0 aromatic rings. The zero-order valence-electron chi connectivity index (χ0n) is 8.73. The molecule has 0 radical (unpaired) electrons. The fourth-order valence-corrected chi connectivity index (χ4v) is 2.10. The van der Waals surface area contributed by atoms with Crippen molar-refractivity contribution in [3.8, 4) is 0 Å². The number of likely N-dealkylation sites (N-methyl/N-ethyl adjacent to an activating group) is 1. The van der Waals surface area contributed by atoms with Crippen molar-refractivity contribution in [3.05, 3.63) is 0 Å². The minimum Gasteiger partial charge on any atom is -0.481 e. The third-order valence-corrected chi connectivity index (χ3v) is 3.13. The van der Waals surface area contributed by atoms with Crippen molar-refractivity contribution in [2.75, 3.05) is 31.6 Å². The SMILES string of the molecule is CN1CCC(NC(=O)CSCC(=O)O)C1. The van der Waals surface area contributed by atoms with E-state index in [1.807, 2.05) is 7.05 Å². The second-order valence-corrected chi connectivity index (χ2v) is 4.69. The van der Waals surface area contributed by atoms with Gasteiger partial charge in [0.25, 0.3) is 0 Å². The number of hydrogen-bond donors (Lipinski definition) is 2. The summed E-state index contributed by atoms with van der Waals surface area (Å²) >= 11 is 1.13. The van der Waals surface area contributed by atoms with Crippen LogP contribution in [0, 0.1) is 0 Å². The first-order valence-corrected chi connectivity index (χ1v) is 6.01. The van der Waals surface area contributed by atoms with Gasteiger partial charge in [-0.05, 0) is 20.0 Å². The standard InChI is InChI=1S/C9H16N2O3S/c1-11-3-2-7(4-11)10-8(12)5-15-6-9(13)14/h7H,2-6H2,1H3,(H,10,12)(H,13,14). The fraction of sp³-hybridized carbons (Fsp3) is 0.778. The highest BCUT2D eigenvalue weighted by Gasteiger charge is 2.20. The summed E-state index contributed by atoms with van der Waals surface area (Å²) in [7, 11) is 2.02. The number of carbonyl (C=O) groups excluding carboxylic acids is 1. The van der Waals surface area contributed by atoms with Crippen LogP contribution in [0.3, 0.4) is 0 Å². The summed E-state index contributed by atoms with van der Waals surface area (Å²) in [6.07, 6.45) is 0.978. The predicted octanol–water partition coefficient (Wildman–Crippen LogP) is -0.375. The molecule has 1 atom stereocenters. The lowest BCUT2D eigenvalue weighted by Gasteiger charge is -2.12. The van der Waals surface area contributed by atoms with Crippen molar-refractivity contribution >= 4 is 23.6 Å². The smallest absolute Gasteiger partial charge is 0.313 e. The van der Waals surface area contributed by atoms with E-state index >= 15 is 0 Å². The van der Waals surface area contributed by atoms with Gasteiger partial charge >= 0.3 is 5.97 Å². The number of amides is 1. The van der Waals surface area contributed by atoms with Crippen LogP contribution in [0.4, 0.5) is 0 Å². The summed E-state index contributed by atoms with van der Waals surface area (Å²) in [6, 6.07) is 0.230. The van der Waals surface area contributed by atoms with Crippen molar-refractivity contribution in [1.82, 2.24) is 10.2 Å². The third-order valence-electron chi connectivity index (χ3n) is 2.22. The Morgan fingerprint density at radius 1 is 1.53 bits per heavy atom. The second kappa shape index (κ2) is 5.97. The van der Waals surface area contributed by atoms with Crippen LogP contribution in [0.1, 0.15) is 6.42 Å². The molecule has 1 heterocycles. The molecular formula is C9H16N2O3S. The van der Waals surface area contributed by atoms with E-state index in [9.17, 15) is 9.59 Å². The predicted molar refractivity (Wildman–Crippen MR) is 59.0 cm³/mol. The van der Waals surface area contributed by atoms with Crippen LogP contribution >= 0.6 is 11.8 Å². The number of rotatable bonds is 5. The molecule has 1 aliphatic heterocycles. The Morgan fingerprint density at radius 2 is 2.27 bits per heavy atom. The van der Waals surface area contributed by atoms with Gasteiger partial charge in [-0.25, -0.2) is 0 Å². The normalized spacial score (nSPS) is 21.5. The quantitative estimate of drug-likeness (QED) is 0.676. The Labute approximate surface area is 93.2 Å². The molecule has 2 N–H and O–H groups in total. The highest BCUT2D eigenvalue weighted by atomic mass is 32.2. The molecule has 1 fully saturated rings. The molecule has 1 unspecified atom stereocenters. The third kappa shape index (κ3) is 5.03. The molecule has 15 heavy (non-hydrogen) atoms. The lowest BCUT2D eigenvalue weighted by Crippen LogP contribution is -2.37. The van der Waals surface area contributed by atoms with Gasteiger partial charge in [0.05, 0.1) is 11.5 Å². The van der Waals surface area contributed by atoms with Crippen LogP contribution in [0.2, 0.25) is 0 Å². The first kappa shape index (κ1) is 12.3. The summed E-state index contributed by atoms with van der Waals surface area (Å²) in [5.74, 6) is -0.736. The summed E-state index contributed by atoms with van der Waals surface area (Å²) in [4.78, 5) is 23.7. The monoisotopic (exact) mass is 232 g/mol. The first-order valence-electron chi connectivity index (χ1n) is 4.85. The summed E-state index contributed by atoms with van der Waals surface area (Å²) in [5.41, 5.74) is 0. The van der Waals surface area contributed by atoms with Gasteiger partial charge in [-0.3, -0.25) is 9.59 Å². The maximum atomic E-state index is 11.3. The average Bonchev–Trinajstić information content (AvgIpc) is 2.50. The number of nitrogens with one attached hydrogen (secondary N) is 1. The molecule has 0 aromatic carbocycles. The van der Waals surface area contributed by atoms with Crippen LogP contribution in [0.5, 0.6) is 0 Å². The lowest BCUT2D eigenvalue weighted by molar-refractivity contribution is -0.133. The zero-order valence-corrected chi connectivity index (χ0v) is 9.55. The Kier molecular flexibility index (Phi) is 4.90. The molecule has 1 amide bonds. The maximum absolute atomic E-state index is 11.3. The minimum atomic E-state index is -0.881. The second-order valence-electron chi connectivity index (χ2n) is 3.70. The van der Waals surface area contributed by atoms with Crippen LogP contribution in [0.15, 0.2) is 0 Å². The van der Waals surface area contributed by atoms with Gasteiger partial charge in [0.2, 0.25) is 5.91 Å². The Bertz CT molecular complexity index is 248. The number of carboxylic acid groups (broad SMARTS) is 1. The molecule has 86 valence electrons. The van der Waals surface area contributed by atoms with E-state index in [0.29, 0.717) is 0 Å². The van der Waals surface area contributed by atoms with E-state index in [2.05, 4.69) is 10.2 Å². The van der Waals surface area contributed by atoms with Gasteiger partial charge in [-0.15, -0.1) is 11.8 Å². The number of carboxylic acids is 1. The molecule has 0 aromatic heterocycles. The minimum absolute atomic E-state index is 0.0159. The Hall–Kier alpha value is -0.750. The molecule has 1 saturated heterocycles. The van der Waals surface area contributed by atoms with Crippen molar-refractivity contribution in [1.29, 1.82) is 0 Å². The van der Waals surface area contributed by atoms with Gasteiger partial charge < -0.3 is 15.3 Å². The van der Waals surface area contributed by atoms with Crippen LogP contribution in [0.25, 0.3) is 0 Å². The molecule has 0 spiro atoms. The Balaban J connectivity index is 2.10. The van der Waals surface area contributed by atoms with E-state index in [1.165, 1.54) is 0 Å². The molecule has 0 bridgehead atoms. The molecule has 1 aliphatic rings. The van der Waals surface area contributed by atoms with E-state index < -0.39 is 5.97 Å². The van der Waals surface area contributed by atoms with Crippen molar-refractivity contribution in [3.63, 3.8) is 0 Å². The highest BCUT2D eigenvalue weighted by molar-refractivity contribution is 8.00. The molecule has 1 rings (SSSR count).